The van der Waals surface area contributed by atoms with Crippen LogP contribution in [0, 0.1) is 0 Å². The van der Waals surface area contributed by atoms with Crippen molar-refractivity contribution in [3.8, 4) is 0 Å². The molecule has 0 fully saturated rings. The van der Waals surface area contributed by atoms with Gasteiger partial charge >= 0.3 is 5.69 Å². The fourth-order valence-corrected chi connectivity index (χ4v) is 2.51. The molecular weight excluding hydrogens is 314 g/mol. The lowest BCUT2D eigenvalue weighted by Gasteiger charge is -2.23. The summed E-state index contributed by atoms with van der Waals surface area (Å²) in [6, 6.07) is 0. The van der Waals surface area contributed by atoms with Crippen LogP contribution in [0.15, 0.2) is 9.59 Å². The number of hydrogen-bond donors (Lipinski definition) is 3. The summed E-state index contributed by atoms with van der Waals surface area (Å²) in [6.45, 7) is 5.96. The van der Waals surface area contributed by atoms with Crippen molar-refractivity contribution < 1.29 is 10.2 Å². The molecule has 1 atom stereocenters. The molecule has 0 aliphatic rings. The highest BCUT2D eigenvalue weighted by molar-refractivity contribution is 5.71. The lowest BCUT2D eigenvalue weighted by molar-refractivity contribution is 0.139. The van der Waals surface area contributed by atoms with Crippen molar-refractivity contribution >= 4 is 11.2 Å². The van der Waals surface area contributed by atoms with Crippen LogP contribution in [0.5, 0.6) is 0 Å². The Balaban J connectivity index is 2.50. The lowest BCUT2D eigenvalue weighted by atomic mass is 10.1. The smallest absolute Gasteiger partial charge is 0.332 e. The summed E-state index contributed by atoms with van der Waals surface area (Å²) in [6.07, 6.45) is -0.783. The van der Waals surface area contributed by atoms with Crippen LogP contribution >= 0.6 is 0 Å². The van der Waals surface area contributed by atoms with Gasteiger partial charge in [0.05, 0.1) is 12.6 Å². The third kappa shape index (κ3) is 3.42. The maximum Gasteiger partial charge on any atom is 0.332 e. The Hall–Kier alpha value is -1.97. The third-order valence-electron chi connectivity index (χ3n) is 3.83. The van der Waals surface area contributed by atoms with Crippen LogP contribution in [0.3, 0.4) is 0 Å². The molecule has 0 unspecified atom stereocenters. The molecule has 2 aromatic rings. The number of imidazole rings is 1. The average Bonchev–Trinajstić information content (AvgIpc) is 2.86. The lowest BCUT2D eigenvalue weighted by Crippen LogP contribution is -2.42. The summed E-state index contributed by atoms with van der Waals surface area (Å²) in [5.74, 6) is 0.234. The van der Waals surface area contributed by atoms with E-state index in [4.69, 9.17) is 0 Å². The minimum Gasteiger partial charge on any atom is -0.390 e. The van der Waals surface area contributed by atoms with Gasteiger partial charge in [-0.15, -0.1) is 0 Å². The summed E-state index contributed by atoms with van der Waals surface area (Å²) >= 11 is 0. The van der Waals surface area contributed by atoms with Crippen LogP contribution in [0.1, 0.15) is 26.6 Å². The normalized spacial score (nSPS) is 13.6. The molecule has 3 N–H and O–H groups in total. The molecule has 134 valence electrons. The standard InChI is InChI=1S/C15H25N5O4/c1-15(2,3)16-6-9(22)7-20-10(8-21)17-12-11(20)13(23)19(5)14(24)18(12)4/h9,16,21-22H,6-8H2,1-5H3/t9-/m1/s1. The summed E-state index contributed by atoms with van der Waals surface area (Å²) in [7, 11) is 2.90. The second kappa shape index (κ2) is 6.50. The quantitative estimate of drug-likeness (QED) is 0.622. The van der Waals surface area contributed by atoms with Gasteiger partial charge in [0.15, 0.2) is 11.2 Å². The van der Waals surface area contributed by atoms with Crippen LogP contribution in [0.25, 0.3) is 11.2 Å². The fourth-order valence-electron chi connectivity index (χ4n) is 2.51. The number of hydrogen-bond acceptors (Lipinski definition) is 6. The second-order valence-electron chi connectivity index (χ2n) is 6.96. The highest BCUT2D eigenvalue weighted by atomic mass is 16.3. The first-order valence-electron chi connectivity index (χ1n) is 7.76. The molecule has 0 bridgehead atoms. The Kier molecular flexibility index (Phi) is 4.97. The van der Waals surface area contributed by atoms with Gasteiger partial charge in [0.2, 0.25) is 0 Å². The van der Waals surface area contributed by atoms with Crippen LogP contribution in [0.2, 0.25) is 0 Å². The monoisotopic (exact) mass is 339 g/mol. The SMILES string of the molecule is Cn1c(=O)c2c(nc(CO)n2C[C@H](O)CNC(C)(C)C)n(C)c1=O. The molecule has 9 nitrogen and oxygen atoms in total. The van der Waals surface area contributed by atoms with Crippen molar-refractivity contribution in [3.05, 3.63) is 26.7 Å². The molecular formula is C15H25N5O4. The van der Waals surface area contributed by atoms with E-state index in [-0.39, 0.29) is 29.1 Å². The van der Waals surface area contributed by atoms with Crippen LogP contribution in [-0.4, -0.2) is 47.1 Å². The first-order chi connectivity index (χ1) is 11.1. The largest absolute Gasteiger partial charge is 0.390 e. The van der Waals surface area contributed by atoms with Crippen LogP contribution in [0.4, 0.5) is 0 Å². The van der Waals surface area contributed by atoms with Gasteiger partial charge in [0.25, 0.3) is 5.56 Å². The van der Waals surface area contributed by atoms with Crippen molar-refractivity contribution in [1.82, 2.24) is 24.0 Å². The number of β-amino-alcohol motifs (C(OH)–C–C–N with tert-alkyl or cyclic N) is 1. The minimum absolute atomic E-state index is 0.0862. The number of aromatic nitrogens is 4. The highest BCUT2D eigenvalue weighted by Gasteiger charge is 2.21. The summed E-state index contributed by atoms with van der Waals surface area (Å²) in [5.41, 5.74) is -0.757. The molecule has 0 aliphatic carbocycles. The Bertz CT molecular complexity index is 856. The van der Waals surface area contributed by atoms with Crippen molar-refractivity contribution in [2.24, 2.45) is 14.1 Å². The maximum absolute atomic E-state index is 12.5. The zero-order chi connectivity index (χ0) is 18.2. The summed E-state index contributed by atoms with van der Waals surface area (Å²) in [5, 5.41) is 23.0. The van der Waals surface area contributed by atoms with Crippen molar-refractivity contribution in [2.75, 3.05) is 6.54 Å². The van der Waals surface area contributed by atoms with Crippen molar-refractivity contribution in [1.29, 1.82) is 0 Å². The van der Waals surface area contributed by atoms with Gasteiger partial charge in [-0.05, 0) is 20.8 Å². The van der Waals surface area contributed by atoms with E-state index in [1.807, 2.05) is 20.8 Å². The van der Waals surface area contributed by atoms with E-state index in [1.54, 1.807) is 0 Å². The average molecular weight is 339 g/mol. The maximum atomic E-state index is 12.5. The van der Waals surface area contributed by atoms with E-state index in [0.29, 0.717) is 6.54 Å². The first kappa shape index (κ1) is 18.4. The van der Waals surface area contributed by atoms with E-state index in [9.17, 15) is 19.8 Å². The molecule has 24 heavy (non-hydrogen) atoms. The molecule has 9 heteroatoms. The molecule has 0 saturated heterocycles. The molecule has 2 aromatic heterocycles. The highest BCUT2D eigenvalue weighted by Crippen LogP contribution is 2.12. The van der Waals surface area contributed by atoms with E-state index < -0.39 is 24.0 Å². The molecule has 0 aliphatic heterocycles. The van der Waals surface area contributed by atoms with E-state index >= 15 is 0 Å². The van der Waals surface area contributed by atoms with Gasteiger partial charge in [0, 0.05) is 26.2 Å². The topological polar surface area (TPSA) is 114 Å². The fraction of sp³-hybridized carbons (Fsp3) is 0.667. The molecule has 0 spiro atoms. The van der Waals surface area contributed by atoms with Crippen LogP contribution in [-0.2, 0) is 27.2 Å². The van der Waals surface area contributed by atoms with Gasteiger partial charge < -0.3 is 20.1 Å². The minimum atomic E-state index is -0.783. The molecule has 2 heterocycles. The van der Waals surface area contributed by atoms with Gasteiger partial charge in [-0.2, -0.15) is 0 Å². The molecule has 0 radical (unpaired) electrons. The molecule has 0 aromatic carbocycles. The van der Waals surface area contributed by atoms with Crippen molar-refractivity contribution in [2.45, 2.75) is 45.6 Å². The number of aliphatic hydroxyl groups excluding tert-OH is 2. The number of aliphatic hydroxyl groups is 2. The van der Waals surface area contributed by atoms with Gasteiger partial charge in [0.1, 0.15) is 12.4 Å². The zero-order valence-corrected chi connectivity index (χ0v) is 14.7. The number of aryl methyl sites for hydroxylation is 1. The van der Waals surface area contributed by atoms with E-state index in [1.165, 1.54) is 23.2 Å². The van der Waals surface area contributed by atoms with E-state index in [0.717, 1.165) is 4.57 Å². The Morgan fingerprint density at radius 2 is 1.83 bits per heavy atom. The first-order valence-corrected chi connectivity index (χ1v) is 7.76. The van der Waals surface area contributed by atoms with Crippen LogP contribution < -0.4 is 16.6 Å². The summed E-state index contributed by atoms with van der Waals surface area (Å²) in [4.78, 5) is 28.6. The number of nitrogens with one attached hydrogen (secondary N) is 1. The Morgan fingerprint density at radius 3 is 2.38 bits per heavy atom. The predicted octanol–water partition coefficient (Wildman–Crippen LogP) is -1.32. The summed E-state index contributed by atoms with van der Waals surface area (Å²) < 4.78 is 3.72. The number of rotatable bonds is 5. The zero-order valence-electron chi connectivity index (χ0n) is 14.7. The van der Waals surface area contributed by atoms with Crippen molar-refractivity contribution in [3.63, 3.8) is 0 Å². The van der Waals surface area contributed by atoms with Gasteiger partial charge in [-0.25, -0.2) is 9.78 Å². The van der Waals surface area contributed by atoms with Gasteiger partial charge in [-0.1, -0.05) is 0 Å². The Morgan fingerprint density at radius 1 is 1.21 bits per heavy atom. The number of nitrogens with zero attached hydrogens (tertiary/aromatic N) is 4. The third-order valence-corrected chi connectivity index (χ3v) is 3.83. The van der Waals surface area contributed by atoms with E-state index in [2.05, 4.69) is 10.3 Å². The predicted molar refractivity (Wildman–Crippen MR) is 89.9 cm³/mol. The number of fused-ring (bicyclic) bond motifs is 1. The Labute approximate surface area is 139 Å². The van der Waals surface area contributed by atoms with Gasteiger partial charge in [-0.3, -0.25) is 13.9 Å². The second-order valence-corrected chi connectivity index (χ2v) is 6.96. The molecule has 2 rings (SSSR count). The molecule has 0 amide bonds. The molecule has 0 saturated carbocycles.